The Morgan fingerprint density at radius 2 is 1.69 bits per heavy atom. The van der Waals surface area contributed by atoms with Crippen molar-refractivity contribution < 1.29 is 9.90 Å². The summed E-state index contributed by atoms with van der Waals surface area (Å²) in [6.45, 7) is 12.2. The molecule has 0 spiro atoms. The number of carboxylic acid groups (broad SMARTS) is 1. The molecule has 0 fully saturated rings. The van der Waals surface area contributed by atoms with Crippen LogP contribution in [0.25, 0.3) is 0 Å². The number of hydrogen-bond donors (Lipinski definition) is 1. The van der Waals surface area contributed by atoms with Crippen LogP contribution < -0.4 is 0 Å². The largest absolute Gasteiger partial charge is 0.478 e. The van der Waals surface area contributed by atoms with Crippen LogP contribution in [0.1, 0.15) is 48.0 Å². The van der Waals surface area contributed by atoms with Crippen LogP contribution in [0.2, 0.25) is 0 Å². The Labute approximate surface area is 81.7 Å². The third-order valence-electron chi connectivity index (χ3n) is 1.83. The monoisotopic (exact) mass is 186 g/mol. The minimum atomic E-state index is -0.845. The van der Waals surface area contributed by atoms with E-state index in [1.165, 1.54) is 6.42 Å². The Hall–Kier alpha value is -0.790. The fourth-order valence-electron chi connectivity index (χ4n) is 0.123. The molecule has 78 valence electrons. The maximum atomic E-state index is 9.86. The first-order valence-corrected chi connectivity index (χ1v) is 4.60. The van der Waals surface area contributed by atoms with Gasteiger partial charge in [0.1, 0.15) is 0 Å². The zero-order valence-corrected chi connectivity index (χ0v) is 9.64. The van der Waals surface area contributed by atoms with Crippen molar-refractivity contribution in [2.45, 2.75) is 48.0 Å². The molecule has 0 aliphatic rings. The Balaban J connectivity index is 0. The third kappa shape index (κ3) is 14.1. The predicted molar refractivity (Wildman–Crippen MR) is 56.8 cm³/mol. The average molecular weight is 186 g/mol. The zero-order valence-electron chi connectivity index (χ0n) is 9.64. The van der Waals surface area contributed by atoms with Crippen molar-refractivity contribution in [3.8, 4) is 0 Å². The Bertz CT molecular complexity index is 173. The van der Waals surface area contributed by atoms with E-state index >= 15 is 0 Å². The lowest BCUT2D eigenvalue weighted by Crippen LogP contribution is -2.00. The summed E-state index contributed by atoms with van der Waals surface area (Å²) in [5, 5.41) is 8.11. The van der Waals surface area contributed by atoms with Gasteiger partial charge >= 0.3 is 5.97 Å². The maximum Gasteiger partial charge on any atom is 0.330 e. The predicted octanol–water partition coefficient (Wildman–Crippen LogP) is 3.48. The molecular weight excluding hydrogens is 164 g/mol. The lowest BCUT2D eigenvalue weighted by molar-refractivity contribution is -0.132. The van der Waals surface area contributed by atoms with Gasteiger partial charge in [-0.05, 0) is 19.3 Å². The summed E-state index contributed by atoms with van der Waals surface area (Å²) in [6.07, 6.45) is 2.83. The van der Waals surface area contributed by atoms with E-state index in [-0.39, 0.29) is 0 Å². The van der Waals surface area contributed by atoms with Gasteiger partial charge in [-0.3, -0.25) is 0 Å². The second-order valence-electron chi connectivity index (χ2n) is 4.19. The van der Waals surface area contributed by atoms with Crippen LogP contribution >= 0.6 is 0 Å². The molecule has 13 heavy (non-hydrogen) atoms. The van der Waals surface area contributed by atoms with Gasteiger partial charge < -0.3 is 5.11 Å². The Kier molecular flexibility index (Phi) is 7.58. The van der Waals surface area contributed by atoms with Crippen molar-refractivity contribution in [1.29, 1.82) is 0 Å². The Morgan fingerprint density at radius 3 is 1.69 bits per heavy atom. The van der Waals surface area contributed by atoms with E-state index in [0.29, 0.717) is 11.0 Å². The molecule has 0 saturated heterocycles. The fourth-order valence-corrected chi connectivity index (χ4v) is 0.123. The van der Waals surface area contributed by atoms with E-state index in [0.717, 1.165) is 0 Å². The van der Waals surface area contributed by atoms with Gasteiger partial charge in [-0.15, -0.1) is 0 Å². The molecule has 0 bridgehead atoms. The quantitative estimate of drug-likeness (QED) is 0.636. The highest BCUT2D eigenvalue weighted by atomic mass is 16.4. The van der Waals surface area contributed by atoms with Crippen LogP contribution in [0, 0.1) is 5.41 Å². The summed E-state index contributed by atoms with van der Waals surface area (Å²) in [5.74, 6) is -0.845. The van der Waals surface area contributed by atoms with Crippen LogP contribution in [0.15, 0.2) is 11.6 Å². The molecule has 0 atom stereocenters. The first-order valence-electron chi connectivity index (χ1n) is 4.60. The summed E-state index contributed by atoms with van der Waals surface area (Å²) >= 11 is 0. The van der Waals surface area contributed by atoms with Gasteiger partial charge in [0, 0.05) is 5.57 Å². The van der Waals surface area contributed by atoms with E-state index < -0.39 is 5.97 Å². The standard InChI is InChI=1S/C6H14.C5H8O2/c1-5-6(2,3)4;1-3-4(2)5(6)7/h5H2,1-4H3;3H,1-2H3,(H,6,7). The van der Waals surface area contributed by atoms with Gasteiger partial charge in [-0.25, -0.2) is 4.79 Å². The summed E-state index contributed by atoms with van der Waals surface area (Å²) in [7, 11) is 0. The smallest absolute Gasteiger partial charge is 0.330 e. The summed E-state index contributed by atoms with van der Waals surface area (Å²) in [5.41, 5.74) is 0.931. The molecule has 1 N–H and O–H groups in total. The van der Waals surface area contributed by atoms with Gasteiger partial charge in [0.05, 0.1) is 0 Å². The first kappa shape index (κ1) is 14.7. The molecule has 0 heterocycles. The topological polar surface area (TPSA) is 37.3 Å². The number of rotatable bonds is 1. The van der Waals surface area contributed by atoms with E-state index in [2.05, 4.69) is 27.7 Å². The lowest BCUT2D eigenvalue weighted by Gasteiger charge is -2.12. The van der Waals surface area contributed by atoms with Gasteiger partial charge in [0.25, 0.3) is 0 Å². The maximum absolute atomic E-state index is 9.86. The fraction of sp³-hybridized carbons (Fsp3) is 0.727. The third-order valence-corrected chi connectivity index (χ3v) is 1.83. The van der Waals surface area contributed by atoms with E-state index in [1.807, 2.05) is 0 Å². The van der Waals surface area contributed by atoms with Crippen molar-refractivity contribution in [2.24, 2.45) is 5.41 Å². The number of carbonyl (C=O) groups is 1. The minimum Gasteiger partial charge on any atom is -0.478 e. The average Bonchev–Trinajstić information content (AvgIpc) is 2.02. The number of aliphatic carboxylic acids is 1. The molecule has 0 aromatic rings. The highest BCUT2D eigenvalue weighted by molar-refractivity contribution is 5.85. The molecule has 0 aromatic heterocycles. The summed E-state index contributed by atoms with van der Waals surface area (Å²) in [4.78, 5) is 9.86. The number of allylic oxidation sites excluding steroid dienone is 1. The van der Waals surface area contributed by atoms with Crippen LogP contribution in [0.3, 0.4) is 0 Å². The van der Waals surface area contributed by atoms with Gasteiger partial charge in [-0.2, -0.15) is 0 Å². The number of carboxylic acids is 1. The molecule has 0 saturated carbocycles. The van der Waals surface area contributed by atoms with Crippen molar-refractivity contribution >= 4 is 5.97 Å². The second kappa shape index (κ2) is 6.70. The Morgan fingerprint density at radius 1 is 1.38 bits per heavy atom. The molecule has 2 nitrogen and oxygen atoms in total. The van der Waals surface area contributed by atoms with Crippen LogP contribution in [0.5, 0.6) is 0 Å². The summed E-state index contributed by atoms with van der Waals surface area (Å²) < 4.78 is 0. The second-order valence-corrected chi connectivity index (χ2v) is 4.19. The molecule has 0 unspecified atom stereocenters. The van der Waals surface area contributed by atoms with Crippen LogP contribution in [-0.4, -0.2) is 11.1 Å². The zero-order chi connectivity index (χ0) is 11.1. The highest BCUT2D eigenvalue weighted by Gasteiger charge is 2.03. The first-order chi connectivity index (χ1) is 5.74. The van der Waals surface area contributed by atoms with Gasteiger partial charge in [0.15, 0.2) is 0 Å². The van der Waals surface area contributed by atoms with Crippen molar-refractivity contribution in [2.75, 3.05) is 0 Å². The van der Waals surface area contributed by atoms with Gasteiger partial charge in [-0.1, -0.05) is 40.2 Å². The van der Waals surface area contributed by atoms with Crippen molar-refractivity contribution in [3.63, 3.8) is 0 Å². The molecule has 0 aliphatic carbocycles. The van der Waals surface area contributed by atoms with Crippen molar-refractivity contribution in [3.05, 3.63) is 11.6 Å². The molecule has 0 aromatic carbocycles. The van der Waals surface area contributed by atoms with Crippen LogP contribution in [0.4, 0.5) is 0 Å². The van der Waals surface area contributed by atoms with E-state index in [4.69, 9.17) is 5.11 Å². The minimum absolute atomic E-state index is 0.389. The molecular formula is C11H22O2. The SMILES string of the molecule is CC=C(C)C(=O)O.CCC(C)(C)C. The molecule has 0 rings (SSSR count). The molecule has 0 radical (unpaired) electrons. The lowest BCUT2D eigenvalue weighted by atomic mass is 9.94. The summed E-state index contributed by atoms with van der Waals surface area (Å²) in [6, 6.07) is 0. The normalized spacial score (nSPS) is 11.7. The van der Waals surface area contributed by atoms with Crippen molar-refractivity contribution in [1.82, 2.24) is 0 Å². The number of hydrogen-bond acceptors (Lipinski definition) is 1. The molecule has 2 heteroatoms. The molecule has 0 amide bonds. The van der Waals surface area contributed by atoms with E-state index in [1.54, 1.807) is 19.9 Å². The highest BCUT2D eigenvalue weighted by Crippen LogP contribution is 2.16. The molecule has 0 aliphatic heterocycles. The van der Waals surface area contributed by atoms with Gasteiger partial charge in [0.2, 0.25) is 0 Å². The van der Waals surface area contributed by atoms with Crippen LogP contribution in [-0.2, 0) is 4.79 Å². The van der Waals surface area contributed by atoms with E-state index in [9.17, 15) is 4.79 Å².